The topological polar surface area (TPSA) is 107 Å². The van der Waals surface area contributed by atoms with Crippen LogP contribution in [0.4, 0.5) is 13.2 Å². The van der Waals surface area contributed by atoms with E-state index in [2.05, 4.69) is 10.4 Å². The van der Waals surface area contributed by atoms with Crippen molar-refractivity contribution >= 4 is 15.9 Å². The third-order valence-electron chi connectivity index (χ3n) is 4.37. The molecule has 0 bridgehead atoms. The van der Waals surface area contributed by atoms with Crippen molar-refractivity contribution in [1.29, 1.82) is 0 Å². The molecule has 0 saturated heterocycles. The molecule has 0 radical (unpaired) electrons. The molecular formula is C19H17F3N4O3S. The van der Waals surface area contributed by atoms with Gasteiger partial charge in [-0.1, -0.05) is 30.3 Å². The maximum atomic E-state index is 13.4. The number of aromatic nitrogens is 2. The molecule has 0 aliphatic heterocycles. The van der Waals surface area contributed by atoms with Gasteiger partial charge in [0.25, 0.3) is 0 Å². The molecule has 3 rings (SSSR count). The molecule has 3 N–H and O–H groups in total. The number of nitrogens with two attached hydrogens (primary N) is 1. The van der Waals surface area contributed by atoms with E-state index in [0.717, 1.165) is 22.9 Å². The van der Waals surface area contributed by atoms with E-state index in [0.29, 0.717) is 5.56 Å². The molecule has 11 heteroatoms. The van der Waals surface area contributed by atoms with Crippen LogP contribution in [0.5, 0.6) is 0 Å². The Bertz CT molecular complexity index is 1160. The zero-order valence-electron chi connectivity index (χ0n) is 15.6. The van der Waals surface area contributed by atoms with E-state index >= 15 is 0 Å². The van der Waals surface area contributed by atoms with Crippen molar-refractivity contribution in [2.75, 3.05) is 7.05 Å². The first-order valence-electron chi connectivity index (χ1n) is 8.59. The number of alkyl halides is 3. The van der Waals surface area contributed by atoms with Gasteiger partial charge >= 0.3 is 6.18 Å². The van der Waals surface area contributed by atoms with Gasteiger partial charge in [-0.2, -0.15) is 18.3 Å². The lowest BCUT2D eigenvalue weighted by Gasteiger charge is -2.18. The van der Waals surface area contributed by atoms with Crippen LogP contribution in [-0.4, -0.2) is 31.2 Å². The highest BCUT2D eigenvalue weighted by Gasteiger charge is 2.37. The van der Waals surface area contributed by atoms with Gasteiger partial charge in [-0.3, -0.25) is 4.79 Å². The summed E-state index contributed by atoms with van der Waals surface area (Å²) >= 11 is 0. The molecule has 30 heavy (non-hydrogen) atoms. The molecule has 1 heterocycles. The second-order valence-corrected chi connectivity index (χ2v) is 7.92. The third-order valence-corrected chi connectivity index (χ3v) is 5.30. The maximum absolute atomic E-state index is 13.4. The number of nitrogens with one attached hydrogen (secondary N) is 1. The molecule has 1 atom stereocenters. The minimum atomic E-state index is -4.75. The van der Waals surface area contributed by atoms with Crippen molar-refractivity contribution in [2.45, 2.75) is 17.0 Å². The number of benzene rings is 2. The van der Waals surface area contributed by atoms with E-state index in [1.807, 2.05) is 0 Å². The summed E-state index contributed by atoms with van der Waals surface area (Å²) in [6.07, 6.45) is -4.75. The quantitative estimate of drug-likeness (QED) is 0.638. The molecule has 0 aliphatic carbocycles. The predicted octanol–water partition coefficient (Wildman–Crippen LogP) is 2.42. The Morgan fingerprint density at radius 3 is 2.20 bits per heavy atom. The molecule has 0 saturated carbocycles. The van der Waals surface area contributed by atoms with Gasteiger partial charge in [0.1, 0.15) is 5.92 Å². The Hall–Kier alpha value is -3.18. The summed E-state index contributed by atoms with van der Waals surface area (Å²) < 4.78 is 64.1. The number of rotatable bonds is 5. The first-order valence-corrected chi connectivity index (χ1v) is 10.1. The number of hydrogen-bond acceptors (Lipinski definition) is 4. The summed E-state index contributed by atoms with van der Waals surface area (Å²) in [5.74, 6) is -1.62. The first kappa shape index (κ1) is 21.5. The van der Waals surface area contributed by atoms with E-state index in [-0.39, 0.29) is 16.3 Å². The molecule has 0 fully saturated rings. The summed E-state index contributed by atoms with van der Waals surface area (Å²) in [6.45, 7) is 0. The fraction of sp³-hybridized carbons (Fsp3) is 0.158. The fourth-order valence-electron chi connectivity index (χ4n) is 2.97. The van der Waals surface area contributed by atoms with Crippen LogP contribution in [0.15, 0.2) is 65.6 Å². The van der Waals surface area contributed by atoms with Crippen LogP contribution in [-0.2, 0) is 21.0 Å². The third kappa shape index (κ3) is 4.36. The SMILES string of the molecule is CNC(=O)C(c1ccccc1)c1cc(C(F)(F)F)nn1-c1ccc(S(N)(=O)=O)cc1. The van der Waals surface area contributed by atoms with E-state index in [4.69, 9.17) is 5.14 Å². The molecule has 1 amide bonds. The fourth-order valence-corrected chi connectivity index (χ4v) is 3.49. The van der Waals surface area contributed by atoms with Crippen LogP contribution >= 0.6 is 0 Å². The van der Waals surface area contributed by atoms with Crippen LogP contribution < -0.4 is 10.5 Å². The van der Waals surface area contributed by atoms with Crippen LogP contribution in [0.1, 0.15) is 22.9 Å². The molecule has 7 nitrogen and oxygen atoms in total. The van der Waals surface area contributed by atoms with Crippen molar-refractivity contribution < 1.29 is 26.4 Å². The summed E-state index contributed by atoms with van der Waals surface area (Å²) in [7, 11) is -2.60. The van der Waals surface area contributed by atoms with E-state index in [9.17, 15) is 26.4 Å². The smallest absolute Gasteiger partial charge is 0.358 e. The Labute approximate surface area is 170 Å². The van der Waals surface area contributed by atoms with E-state index < -0.39 is 33.7 Å². The Morgan fingerprint density at radius 2 is 1.70 bits per heavy atom. The zero-order valence-corrected chi connectivity index (χ0v) is 16.4. The first-order chi connectivity index (χ1) is 14.0. The Balaban J connectivity index is 2.23. The Kier molecular flexibility index (Phi) is 5.68. The standard InChI is InChI=1S/C19H17F3N4O3S/c1-24-18(27)17(12-5-3-2-4-6-12)15-11-16(19(20,21)22)25-26(15)13-7-9-14(10-8-13)30(23,28)29/h2-11,17H,1H3,(H,24,27)(H2,23,28,29). The number of halogens is 3. The van der Waals surface area contributed by atoms with Crippen molar-refractivity contribution in [3.8, 4) is 5.69 Å². The van der Waals surface area contributed by atoms with Crippen molar-refractivity contribution in [3.05, 3.63) is 77.6 Å². The van der Waals surface area contributed by atoms with Crippen LogP contribution in [0.3, 0.4) is 0 Å². The monoisotopic (exact) mass is 438 g/mol. The van der Waals surface area contributed by atoms with Gasteiger partial charge in [-0.25, -0.2) is 18.2 Å². The number of carbonyl (C=O) groups is 1. The second kappa shape index (κ2) is 7.92. The molecule has 158 valence electrons. The second-order valence-electron chi connectivity index (χ2n) is 6.36. The van der Waals surface area contributed by atoms with Crippen molar-refractivity contribution in [1.82, 2.24) is 15.1 Å². The molecule has 0 spiro atoms. The zero-order chi connectivity index (χ0) is 22.1. The van der Waals surface area contributed by atoms with Gasteiger partial charge in [-0.15, -0.1) is 0 Å². The summed E-state index contributed by atoms with van der Waals surface area (Å²) in [5, 5.41) is 11.2. The van der Waals surface area contributed by atoms with E-state index in [1.165, 1.54) is 19.2 Å². The van der Waals surface area contributed by atoms with Crippen LogP contribution in [0.2, 0.25) is 0 Å². The Morgan fingerprint density at radius 1 is 1.10 bits per heavy atom. The van der Waals surface area contributed by atoms with Gasteiger partial charge < -0.3 is 5.32 Å². The average Bonchev–Trinajstić information content (AvgIpc) is 3.13. The number of sulfonamides is 1. The average molecular weight is 438 g/mol. The molecule has 1 unspecified atom stereocenters. The minimum Gasteiger partial charge on any atom is -0.358 e. The summed E-state index contributed by atoms with van der Waals surface area (Å²) in [6, 6.07) is 13.9. The molecule has 0 aliphatic rings. The van der Waals surface area contributed by atoms with Gasteiger partial charge in [0.05, 0.1) is 16.3 Å². The lowest BCUT2D eigenvalue weighted by atomic mass is 9.94. The largest absolute Gasteiger partial charge is 0.435 e. The number of amides is 1. The lowest BCUT2D eigenvalue weighted by molar-refractivity contribution is -0.141. The number of nitrogens with zero attached hydrogens (tertiary/aromatic N) is 2. The normalized spacial score (nSPS) is 13.1. The number of carbonyl (C=O) groups excluding carboxylic acids is 1. The molecule has 3 aromatic rings. The van der Waals surface area contributed by atoms with Gasteiger partial charge in [0, 0.05) is 7.05 Å². The van der Waals surface area contributed by atoms with Gasteiger partial charge in [0.15, 0.2) is 5.69 Å². The number of hydrogen-bond donors (Lipinski definition) is 2. The van der Waals surface area contributed by atoms with Gasteiger partial charge in [-0.05, 0) is 35.9 Å². The summed E-state index contributed by atoms with van der Waals surface area (Å²) in [4.78, 5) is 12.4. The highest BCUT2D eigenvalue weighted by atomic mass is 32.2. The van der Waals surface area contributed by atoms with Crippen molar-refractivity contribution in [3.63, 3.8) is 0 Å². The number of primary sulfonamides is 1. The van der Waals surface area contributed by atoms with Crippen LogP contribution in [0, 0.1) is 0 Å². The van der Waals surface area contributed by atoms with Crippen molar-refractivity contribution in [2.24, 2.45) is 5.14 Å². The molecule has 2 aromatic carbocycles. The highest BCUT2D eigenvalue weighted by Crippen LogP contribution is 2.34. The maximum Gasteiger partial charge on any atom is 0.435 e. The lowest BCUT2D eigenvalue weighted by Crippen LogP contribution is -2.28. The summed E-state index contributed by atoms with van der Waals surface area (Å²) in [5.41, 5.74) is -0.611. The van der Waals surface area contributed by atoms with E-state index in [1.54, 1.807) is 30.3 Å². The van der Waals surface area contributed by atoms with Crippen LogP contribution in [0.25, 0.3) is 5.69 Å². The molecular weight excluding hydrogens is 421 g/mol. The minimum absolute atomic E-state index is 0.0313. The highest BCUT2D eigenvalue weighted by molar-refractivity contribution is 7.89. The number of likely N-dealkylation sites (N-methyl/N-ethyl adjacent to an activating group) is 1. The predicted molar refractivity (Wildman–Crippen MR) is 102 cm³/mol. The van der Waals surface area contributed by atoms with Gasteiger partial charge in [0.2, 0.25) is 15.9 Å². The molecule has 1 aromatic heterocycles.